The summed E-state index contributed by atoms with van der Waals surface area (Å²) in [5, 5.41) is 11.0. The Labute approximate surface area is 189 Å². The second-order valence-electron chi connectivity index (χ2n) is 9.82. The Hall–Kier alpha value is -2.42. The maximum absolute atomic E-state index is 13.0. The molecule has 0 amide bonds. The molecule has 32 heavy (non-hydrogen) atoms. The summed E-state index contributed by atoms with van der Waals surface area (Å²) in [6, 6.07) is 12.5. The number of benzene rings is 2. The van der Waals surface area contributed by atoms with E-state index in [-0.39, 0.29) is 28.4 Å². The molecule has 0 fully saturated rings. The predicted octanol–water partition coefficient (Wildman–Crippen LogP) is 3.33. The maximum atomic E-state index is 13.0. The maximum Gasteiger partial charge on any atom is 0.326 e. The van der Waals surface area contributed by atoms with Crippen LogP contribution >= 0.6 is 0 Å². The Bertz CT molecular complexity index is 1100. The normalized spacial score (nSPS) is 22.9. The van der Waals surface area contributed by atoms with E-state index in [0.29, 0.717) is 5.56 Å². The number of nitrogens with two attached hydrogens (primary N) is 1. The smallest absolute Gasteiger partial charge is 0.326 e. The monoisotopic (exact) mass is 461 g/mol. The lowest BCUT2D eigenvalue weighted by molar-refractivity contribution is -0.162. The van der Waals surface area contributed by atoms with E-state index in [1.807, 2.05) is 0 Å². The standard InChI is InChI=1S/C24H31NO6S/c1-22(2,3)31-21(26)23(4,25)14-16-15-24(5,27)19-12-11-18(13-20(19)30-16)32(28,29)17-9-7-6-8-10-17/h6-13,16,27H,14-15,25H2,1-5H3. The minimum atomic E-state index is -3.76. The molecule has 0 aromatic heterocycles. The van der Waals surface area contributed by atoms with Crippen molar-refractivity contribution in [3.8, 4) is 5.75 Å². The summed E-state index contributed by atoms with van der Waals surface area (Å²) in [6.07, 6.45) is -0.331. The zero-order valence-corrected chi connectivity index (χ0v) is 19.9. The third-order valence-electron chi connectivity index (χ3n) is 5.33. The van der Waals surface area contributed by atoms with E-state index in [1.54, 1.807) is 58.9 Å². The molecule has 1 aliphatic heterocycles. The molecule has 0 aliphatic carbocycles. The Morgan fingerprint density at radius 2 is 1.78 bits per heavy atom. The van der Waals surface area contributed by atoms with Crippen LogP contribution in [0.5, 0.6) is 5.75 Å². The molecule has 0 radical (unpaired) electrons. The molecule has 3 rings (SSSR count). The highest BCUT2D eigenvalue weighted by atomic mass is 32.2. The fourth-order valence-corrected chi connectivity index (χ4v) is 5.08. The van der Waals surface area contributed by atoms with E-state index in [9.17, 15) is 18.3 Å². The summed E-state index contributed by atoms with van der Waals surface area (Å²) in [5.41, 5.74) is 3.41. The van der Waals surface area contributed by atoms with Gasteiger partial charge in [0.05, 0.1) is 15.4 Å². The molecule has 0 saturated carbocycles. The van der Waals surface area contributed by atoms with Gasteiger partial charge in [-0.3, -0.25) is 4.79 Å². The van der Waals surface area contributed by atoms with Crippen molar-refractivity contribution in [2.75, 3.05) is 0 Å². The van der Waals surface area contributed by atoms with Gasteiger partial charge < -0.3 is 20.3 Å². The third-order valence-corrected chi connectivity index (χ3v) is 7.10. The molecule has 3 atom stereocenters. The van der Waals surface area contributed by atoms with Gasteiger partial charge >= 0.3 is 5.97 Å². The lowest BCUT2D eigenvalue weighted by Gasteiger charge is -2.39. The number of carbonyl (C=O) groups excluding carboxylic acids is 1. The molecular weight excluding hydrogens is 430 g/mol. The number of hydrogen-bond acceptors (Lipinski definition) is 7. The van der Waals surface area contributed by atoms with E-state index < -0.39 is 38.7 Å². The number of esters is 1. The summed E-state index contributed by atoms with van der Waals surface area (Å²) in [6.45, 7) is 8.47. The first-order valence-corrected chi connectivity index (χ1v) is 12.0. The number of carbonyl (C=O) groups is 1. The van der Waals surface area contributed by atoms with Gasteiger partial charge in [0.1, 0.15) is 23.0 Å². The largest absolute Gasteiger partial charge is 0.490 e. The number of sulfone groups is 1. The number of ether oxygens (including phenoxy) is 2. The van der Waals surface area contributed by atoms with Gasteiger partial charge in [-0.15, -0.1) is 0 Å². The van der Waals surface area contributed by atoms with Crippen LogP contribution in [0.3, 0.4) is 0 Å². The lowest BCUT2D eigenvalue weighted by atomic mass is 9.83. The third kappa shape index (κ3) is 5.14. The molecule has 2 aromatic rings. The van der Waals surface area contributed by atoms with Crippen LogP contribution in [0.15, 0.2) is 58.3 Å². The zero-order chi connectivity index (χ0) is 23.9. The number of rotatable bonds is 5. The van der Waals surface area contributed by atoms with Gasteiger partial charge in [0.25, 0.3) is 0 Å². The number of fused-ring (bicyclic) bond motifs is 1. The minimum absolute atomic E-state index is 0.0570. The Morgan fingerprint density at radius 1 is 1.16 bits per heavy atom. The first-order chi connectivity index (χ1) is 14.6. The second kappa shape index (κ2) is 8.17. The van der Waals surface area contributed by atoms with Crippen molar-refractivity contribution in [3.05, 3.63) is 54.1 Å². The Morgan fingerprint density at radius 3 is 2.38 bits per heavy atom. The molecule has 7 nitrogen and oxygen atoms in total. The molecular formula is C24H31NO6S. The molecule has 8 heteroatoms. The molecule has 2 aromatic carbocycles. The average molecular weight is 462 g/mol. The number of aliphatic hydroxyl groups is 1. The highest BCUT2D eigenvalue weighted by Gasteiger charge is 2.42. The van der Waals surface area contributed by atoms with Crippen LogP contribution in [0.1, 0.15) is 53.0 Å². The van der Waals surface area contributed by atoms with Crippen LogP contribution in [-0.4, -0.2) is 36.7 Å². The van der Waals surface area contributed by atoms with Crippen molar-refractivity contribution in [1.82, 2.24) is 0 Å². The van der Waals surface area contributed by atoms with Gasteiger partial charge in [0.2, 0.25) is 9.84 Å². The average Bonchev–Trinajstić information content (AvgIpc) is 2.66. The van der Waals surface area contributed by atoms with Crippen LogP contribution in [-0.2, 0) is 25.0 Å². The minimum Gasteiger partial charge on any atom is -0.490 e. The molecule has 1 aliphatic rings. The van der Waals surface area contributed by atoms with Gasteiger partial charge in [0.15, 0.2) is 0 Å². The van der Waals surface area contributed by atoms with Crippen molar-refractivity contribution in [2.45, 2.75) is 80.1 Å². The second-order valence-corrected chi connectivity index (χ2v) is 11.8. The van der Waals surface area contributed by atoms with Crippen LogP contribution in [0.25, 0.3) is 0 Å². The Balaban J connectivity index is 1.90. The fourth-order valence-electron chi connectivity index (χ4n) is 3.79. The van der Waals surface area contributed by atoms with Crippen LogP contribution in [0.4, 0.5) is 0 Å². The summed E-state index contributed by atoms with van der Waals surface area (Å²) < 4.78 is 37.5. The molecule has 1 heterocycles. The number of hydrogen-bond donors (Lipinski definition) is 2. The van der Waals surface area contributed by atoms with E-state index in [4.69, 9.17) is 15.2 Å². The summed E-state index contributed by atoms with van der Waals surface area (Å²) in [7, 11) is -3.76. The molecule has 0 spiro atoms. The predicted molar refractivity (Wildman–Crippen MR) is 120 cm³/mol. The zero-order valence-electron chi connectivity index (χ0n) is 19.1. The van der Waals surface area contributed by atoms with Gasteiger partial charge in [-0.05, 0) is 58.9 Å². The highest BCUT2D eigenvalue weighted by molar-refractivity contribution is 7.91. The SMILES string of the molecule is CC(C)(C)OC(=O)C(C)(N)CC1CC(C)(O)c2ccc(S(=O)(=O)c3ccccc3)cc2O1. The lowest BCUT2D eigenvalue weighted by Crippen LogP contribution is -2.52. The van der Waals surface area contributed by atoms with Crippen molar-refractivity contribution >= 4 is 15.8 Å². The summed E-state index contributed by atoms with van der Waals surface area (Å²) in [4.78, 5) is 12.8. The first-order valence-electron chi connectivity index (χ1n) is 10.5. The molecule has 3 unspecified atom stereocenters. The molecule has 0 bridgehead atoms. The molecule has 174 valence electrons. The quantitative estimate of drug-likeness (QED) is 0.656. The van der Waals surface area contributed by atoms with Gasteiger partial charge in [0, 0.05) is 18.4 Å². The van der Waals surface area contributed by atoms with Crippen molar-refractivity contribution in [2.24, 2.45) is 5.73 Å². The van der Waals surface area contributed by atoms with E-state index in [0.717, 1.165) is 0 Å². The fraction of sp³-hybridized carbons (Fsp3) is 0.458. The topological polar surface area (TPSA) is 116 Å². The summed E-state index contributed by atoms with van der Waals surface area (Å²) >= 11 is 0. The van der Waals surface area contributed by atoms with E-state index in [1.165, 1.54) is 24.3 Å². The van der Waals surface area contributed by atoms with E-state index >= 15 is 0 Å². The van der Waals surface area contributed by atoms with E-state index in [2.05, 4.69) is 0 Å². The van der Waals surface area contributed by atoms with Gasteiger partial charge in [-0.1, -0.05) is 24.3 Å². The summed E-state index contributed by atoms with van der Waals surface area (Å²) in [5.74, 6) is -0.317. The first kappa shape index (κ1) is 24.2. The van der Waals surface area contributed by atoms with Crippen LogP contribution in [0.2, 0.25) is 0 Å². The molecule has 3 N–H and O–H groups in total. The van der Waals surface area contributed by atoms with Gasteiger partial charge in [-0.25, -0.2) is 8.42 Å². The van der Waals surface area contributed by atoms with Crippen molar-refractivity contribution in [3.63, 3.8) is 0 Å². The molecule has 0 saturated heterocycles. The van der Waals surface area contributed by atoms with Crippen LogP contribution < -0.4 is 10.5 Å². The van der Waals surface area contributed by atoms with Gasteiger partial charge in [-0.2, -0.15) is 0 Å². The van der Waals surface area contributed by atoms with Crippen molar-refractivity contribution in [1.29, 1.82) is 0 Å². The van der Waals surface area contributed by atoms with Crippen molar-refractivity contribution < 1.29 is 27.8 Å². The van der Waals surface area contributed by atoms with Crippen LogP contribution in [0, 0.1) is 0 Å². The Kier molecular flexibility index (Phi) is 6.19. The highest BCUT2D eigenvalue weighted by Crippen LogP contribution is 2.42.